The molecule has 1 aliphatic rings. The third-order valence-electron chi connectivity index (χ3n) is 3.06. The first kappa shape index (κ1) is 12.5. The second-order valence-electron chi connectivity index (χ2n) is 4.48. The zero-order valence-corrected chi connectivity index (χ0v) is 10.2. The number of likely N-dealkylation sites (tertiary alicyclic amines) is 1. The monoisotopic (exact) mass is 213 g/mol. The summed E-state index contributed by atoms with van der Waals surface area (Å²) in [4.78, 5) is 13.9. The lowest BCUT2D eigenvalue weighted by molar-refractivity contribution is -0.142. The van der Waals surface area contributed by atoms with Crippen molar-refractivity contribution in [1.29, 1.82) is 0 Å². The normalized spacial score (nSPS) is 26.7. The van der Waals surface area contributed by atoms with E-state index in [2.05, 4.69) is 20.8 Å². The standard InChI is InChI=1S/C12H23NO2/c1-4-8-15-9-12(14)13-10(2)6-5-7-11(13)3/h10-11H,4-9H2,1-3H3/t10-,11+. The lowest BCUT2D eigenvalue weighted by atomic mass is 9.97. The largest absolute Gasteiger partial charge is 0.372 e. The average Bonchev–Trinajstić information content (AvgIpc) is 2.18. The minimum atomic E-state index is 0.156. The summed E-state index contributed by atoms with van der Waals surface area (Å²) >= 11 is 0. The van der Waals surface area contributed by atoms with Crippen LogP contribution in [-0.2, 0) is 9.53 Å². The molecule has 0 spiro atoms. The van der Waals surface area contributed by atoms with Crippen LogP contribution in [0.5, 0.6) is 0 Å². The SMILES string of the molecule is CCCOCC(=O)N1[C@H](C)CCC[C@@H]1C. The van der Waals surface area contributed by atoms with Crippen LogP contribution in [0.25, 0.3) is 0 Å². The Labute approximate surface area is 92.8 Å². The number of carbonyl (C=O) groups is 1. The summed E-state index contributed by atoms with van der Waals surface area (Å²) in [6.45, 7) is 7.25. The van der Waals surface area contributed by atoms with Crippen molar-refractivity contribution in [3.63, 3.8) is 0 Å². The van der Waals surface area contributed by atoms with Crippen molar-refractivity contribution >= 4 is 5.91 Å². The van der Waals surface area contributed by atoms with Gasteiger partial charge in [-0.1, -0.05) is 6.92 Å². The van der Waals surface area contributed by atoms with Crippen LogP contribution >= 0.6 is 0 Å². The molecule has 0 aromatic heterocycles. The lowest BCUT2D eigenvalue weighted by Crippen LogP contribution is -2.48. The first-order valence-electron chi connectivity index (χ1n) is 6.05. The van der Waals surface area contributed by atoms with E-state index in [1.165, 1.54) is 6.42 Å². The molecule has 1 saturated heterocycles. The Morgan fingerprint density at radius 2 is 1.93 bits per heavy atom. The summed E-state index contributed by atoms with van der Waals surface area (Å²) in [6, 6.07) is 0.762. The maximum Gasteiger partial charge on any atom is 0.249 e. The van der Waals surface area contributed by atoms with Gasteiger partial charge in [-0.3, -0.25) is 4.79 Å². The number of piperidine rings is 1. The average molecular weight is 213 g/mol. The summed E-state index contributed by atoms with van der Waals surface area (Å²) in [5.74, 6) is 0.156. The minimum Gasteiger partial charge on any atom is -0.372 e. The van der Waals surface area contributed by atoms with Crippen molar-refractivity contribution in [2.45, 2.75) is 58.5 Å². The van der Waals surface area contributed by atoms with Gasteiger partial charge in [0.05, 0.1) is 0 Å². The fourth-order valence-corrected chi connectivity index (χ4v) is 2.29. The maximum absolute atomic E-state index is 11.9. The van der Waals surface area contributed by atoms with Gasteiger partial charge in [0.15, 0.2) is 0 Å². The molecule has 0 saturated carbocycles. The van der Waals surface area contributed by atoms with Crippen molar-refractivity contribution in [2.24, 2.45) is 0 Å². The molecule has 0 bridgehead atoms. The van der Waals surface area contributed by atoms with Crippen LogP contribution in [0.15, 0.2) is 0 Å². The molecular weight excluding hydrogens is 190 g/mol. The first-order chi connectivity index (χ1) is 7.16. The van der Waals surface area contributed by atoms with Crippen molar-refractivity contribution in [2.75, 3.05) is 13.2 Å². The van der Waals surface area contributed by atoms with E-state index in [0.717, 1.165) is 19.3 Å². The molecule has 1 rings (SSSR count). The summed E-state index contributed by atoms with van der Waals surface area (Å²) in [5.41, 5.74) is 0. The van der Waals surface area contributed by atoms with E-state index < -0.39 is 0 Å². The highest BCUT2D eigenvalue weighted by Crippen LogP contribution is 2.22. The van der Waals surface area contributed by atoms with Gasteiger partial charge in [-0.05, 0) is 39.5 Å². The highest BCUT2D eigenvalue weighted by atomic mass is 16.5. The highest BCUT2D eigenvalue weighted by molar-refractivity contribution is 5.78. The fourth-order valence-electron chi connectivity index (χ4n) is 2.29. The number of rotatable bonds is 4. The number of hydrogen-bond acceptors (Lipinski definition) is 2. The number of amides is 1. The second kappa shape index (κ2) is 6.11. The van der Waals surface area contributed by atoms with E-state index in [0.29, 0.717) is 18.7 Å². The number of carbonyl (C=O) groups excluding carboxylic acids is 1. The zero-order chi connectivity index (χ0) is 11.3. The summed E-state index contributed by atoms with van der Waals surface area (Å²) in [6.07, 6.45) is 4.47. The molecule has 1 heterocycles. The molecule has 0 N–H and O–H groups in total. The topological polar surface area (TPSA) is 29.5 Å². The molecule has 0 aromatic rings. The Bertz CT molecular complexity index is 196. The van der Waals surface area contributed by atoms with Crippen LogP contribution in [0.4, 0.5) is 0 Å². The van der Waals surface area contributed by atoms with Crippen LogP contribution in [0.3, 0.4) is 0 Å². The van der Waals surface area contributed by atoms with Gasteiger partial charge in [0.1, 0.15) is 6.61 Å². The van der Waals surface area contributed by atoms with Crippen molar-refractivity contribution in [3.05, 3.63) is 0 Å². The zero-order valence-electron chi connectivity index (χ0n) is 10.2. The van der Waals surface area contributed by atoms with Crippen molar-refractivity contribution in [1.82, 2.24) is 4.90 Å². The predicted molar refractivity (Wildman–Crippen MR) is 60.7 cm³/mol. The van der Waals surface area contributed by atoms with E-state index in [1.54, 1.807) is 0 Å². The van der Waals surface area contributed by atoms with Crippen LogP contribution in [0.2, 0.25) is 0 Å². The molecule has 15 heavy (non-hydrogen) atoms. The van der Waals surface area contributed by atoms with Crippen LogP contribution in [0, 0.1) is 0 Å². The van der Waals surface area contributed by atoms with Gasteiger partial charge in [-0.25, -0.2) is 0 Å². The number of nitrogens with zero attached hydrogens (tertiary/aromatic N) is 1. The molecule has 1 fully saturated rings. The van der Waals surface area contributed by atoms with Crippen molar-refractivity contribution in [3.8, 4) is 0 Å². The Balaban J connectivity index is 2.41. The lowest BCUT2D eigenvalue weighted by Gasteiger charge is -2.39. The third kappa shape index (κ3) is 3.49. The molecular formula is C12H23NO2. The molecule has 3 nitrogen and oxygen atoms in total. The van der Waals surface area contributed by atoms with Crippen LogP contribution in [0.1, 0.15) is 46.5 Å². The van der Waals surface area contributed by atoms with Gasteiger partial charge >= 0.3 is 0 Å². The third-order valence-corrected chi connectivity index (χ3v) is 3.06. The number of ether oxygens (including phenoxy) is 1. The Morgan fingerprint density at radius 3 is 2.47 bits per heavy atom. The Morgan fingerprint density at radius 1 is 1.33 bits per heavy atom. The Hall–Kier alpha value is -0.570. The van der Waals surface area contributed by atoms with Crippen LogP contribution in [-0.4, -0.2) is 36.1 Å². The molecule has 2 atom stereocenters. The molecule has 0 unspecified atom stereocenters. The highest BCUT2D eigenvalue weighted by Gasteiger charge is 2.28. The molecule has 0 aromatic carbocycles. The summed E-state index contributed by atoms with van der Waals surface area (Å²) in [5, 5.41) is 0. The number of hydrogen-bond donors (Lipinski definition) is 0. The van der Waals surface area contributed by atoms with Gasteiger partial charge < -0.3 is 9.64 Å². The van der Waals surface area contributed by atoms with Gasteiger partial charge in [0.2, 0.25) is 5.91 Å². The molecule has 1 aliphatic heterocycles. The van der Waals surface area contributed by atoms with Gasteiger partial charge in [0, 0.05) is 18.7 Å². The van der Waals surface area contributed by atoms with Gasteiger partial charge in [-0.2, -0.15) is 0 Å². The van der Waals surface area contributed by atoms with Gasteiger partial charge in [-0.15, -0.1) is 0 Å². The van der Waals surface area contributed by atoms with E-state index in [-0.39, 0.29) is 12.5 Å². The molecule has 3 heteroatoms. The Kier molecular flexibility index (Phi) is 5.09. The maximum atomic E-state index is 11.9. The second-order valence-corrected chi connectivity index (χ2v) is 4.48. The predicted octanol–water partition coefficient (Wildman–Crippen LogP) is 2.20. The van der Waals surface area contributed by atoms with Crippen LogP contribution < -0.4 is 0 Å². The molecule has 88 valence electrons. The fraction of sp³-hybridized carbons (Fsp3) is 0.917. The van der Waals surface area contributed by atoms with E-state index in [9.17, 15) is 4.79 Å². The quantitative estimate of drug-likeness (QED) is 0.670. The van der Waals surface area contributed by atoms with E-state index in [1.807, 2.05) is 4.90 Å². The van der Waals surface area contributed by atoms with Gasteiger partial charge in [0.25, 0.3) is 0 Å². The smallest absolute Gasteiger partial charge is 0.249 e. The van der Waals surface area contributed by atoms with E-state index in [4.69, 9.17) is 4.74 Å². The molecule has 1 amide bonds. The molecule has 0 radical (unpaired) electrons. The minimum absolute atomic E-state index is 0.156. The summed E-state index contributed by atoms with van der Waals surface area (Å²) in [7, 11) is 0. The summed E-state index contributed by atoms with van der Waals surface area (Å²) < 4.78 is 5.30. The molecule has 0 aliphatic carbocycles. The first-order valence-corrected chi connectivity index (χ1v) is 6.05. The van der Waals surface area contributed by atoms with E-state index >= 15 is 0 Å². The van der Waals surface area contributed by atoms with Crippen molar-refractivity contribution < 1.29 is 9.53 Å².